The van der Waals surface area contributed by atoms with Crippen LogP contribution in [0.1, 0.15) is 28.8 Å². The number of nitro groups is 1. The topological polar surface area (TPSA) is 94.4 Å². The molecule has 0 spiro atoms. The monoisotopic (exact) mass is 539 g/mol. The summed E-state index contributed by atoms with van der Waals surface area (Å²) in [6, 6.07) is 17.0. The molecule has 9 nitrogen and oxygen atoms in total. The van der Waals surface area contributed by atoms with E-state index in [0.29, 0.717) is 71.6 Å². The van der Waals surface area contributed by atoms with Gasteiger partial charge in [0.25, 0.3) is 11.6 Å². The standard InChI is InChI=1S/C28H30ClN3O6/c1-36-25-7-5-4-6-23(25)28(33)31(21-9-11-26(37-2)27(17-21)38-3)20-12-14-30(15-13-20)18-19-16-22(32(34)35)8-10-24(19)29/h4-11,16-17,20H,12-15,18H2,1-3H3. The van der Waals surface area contributed by atoms with Crippen LogP contribution in [0.3, 0.4) is 0 Å². The van der Waals surface area contributed by atoms with Gasteiger partial charge in [-0.1, -0.05) is 23.7 Å². The number of piperidine rings is 1. The minimum absolute atomic E-state index is 0.0151. The van der Waals surface area contributed by atoms with E-state index in [1.165, 1.54) is 12.1 Å². The molecule has 1 saturated heterocycles. The molecule has 0 saturated carbocycles. The molecule has 1 heterocycles. The van der Waals surface area contributed by atoms with Crippen molar-refractivity contribution in [1.82, 2.24) is 4.90 Å². The number of non-ortho nitro benzene ring substituents is 1. The van der Waals surface area contributed by atoms with Crippen LogP contribution >= 0.6 is 11.6 Å². The molecule has 1 fully saturated rings. The normalized spacial score (nSPS) is 14.1. The van der Waals surface area contributed by atoms with Crippen molar-refractivity contribution >= 4 is 28.9 Å². The summed E-state index contributed by atoms with van der Waals surface area (Å²) in [6.07, 6.45) is 1.39. The SMILES string of the molecule is COc1ccc(N(C(=O)c2ccccc2OC)C2CCN(Cc3cc([N+](=O)[O-])ccc3Cl)CC2)cc1OC. The second-order valence-corrected chi connectivity index (χ2v) is 9.36. The molecular formula is C28H30ClN3O6. The van der Waals surface area contributed by atoms with Gasteiger partial charge in [-0.2, -0.15) is 0 Å². The van der Waals surface area contributed by atoms with Gasteiger partial charge in [-0.3, -0.25) is 19.8 Å². The Morgan fingerprint density at radius 3 is 2.32 bits per heavy atom. The van der Waals surface area contributed by atoms with Crippen molar-refractivity contribution in [3.05, 3.63) is 86.9 Å². The molecule has 0 aromatic heterocycles. The molecule has 10 heteroatoms. The third-order valence-corrected chi connectivity index (χ3v) is 7.13. The number of para-hydroxylation sites is 1. The summed E-state index contributed by atoms with van der Waals surface area (Å²) < 4.78 is 16.4. The Balaban J connectivity index is 1.60. The van der Waals surface area contributed by atoms with Gasteiger partial charge in [0.2, 0.25) is 0 Å². The molecule has 0 aliphatic carbocycles. The molecule has 0 atom stereocenters. The molecule has 3 aromatic carbocycles. The highest BCUT2D eigenvalue weighted by molar-refractivity contribution is 6.31. The molecule has 0 N–H and O–H groups in total. The summed E-state index contributed by atoms with van der Waals surface area (Å²) in [5.74, 6) is 1.43. The molecule has 0 unspecified atom stereocenters. The van der Waals surface area contributed by atoms with E-state index < -0.39 is 4.92 Å². The Kier molecular flexibility index (Phi) is 8.70. The molecular weight excluding hydrogens is 510 g/mol. The number of nitrogens with zero attached hydrogens (tertiary/aromatic N) is 3. The Morgan fingerprint density at radius 1 is 0.974 bits per heavy atom. The number of halogens is 1. The zero-order valence-corrected chi connectivity index (χ0v) is 22.3. The first-order chi connectivity index (χ1) is 18.4. The molecule has 200 valence electrons. The number of amides is 1. The van der Waals surface area contributed by atoms with Gasteiger partial charge in [-0.15, -0.1) is 0 Å². The van der Waals surface area contributed by atoms with Crippen LogP contribution in [0.5, 0.6) is 17.2 Å². The minimum Gasteiger partial charge on any atom is -0.496 e. The van der Waals surface area contributed by atoms with E-state index in [9.17, 15) is 14.9 Å². The fraction of sp³-hybridized carbons (Fsp3) is 0.321. The zero-order valence-electron chi connectivity index (χ0n) is 21.6. The van der Waals surface area contributed by atoms with Gasteiger partial charge in [0, 0.05) is 54.6 Å². The highest BCUT2D eigenvalue weighted by atomic mass is 35.5. The van der Waals surface area contributed by atoms with Crippen molar-refractivity contribution in [2.45, 2.75) is 25.4 Å². The summed E-state index contributed by atoms with van der Waals surface area (Å²) in [5.41, 5.74) is 1.89. The molecule has 3 aromatic rings. The maximum Gasteiger partial charge on any atom is 0.269 e. The second kappa shape index (κ2) is 12.1. The molecule has 0 bridgehead atoms. The van der Waals surface area contributed by atoms with Crippen LogP contribution in [0.4, 0.5) is 11.4 Å². The van der Waals surface area contributed by atoms with Gasteiger partial charge in [-0.25, -0.2) is 0 Å². The van der Waals surface area contributed by atoms with Gasteiger partial charge >= 0.3 is 0 Å². The first kappa shape index (κ1) is 27.2. The number of rotatable bonds is 9. The lowest BCUT2D eigenvalue weighted by atomic mass is 9.99. The average molecular weight is 540 g/mol. The van der Waals surface area contributed by atoms with Gasteiger partial charge in [0.05, 0.1) is 31.8 Å². The van der Waals surface area contributed by atoms with E-state index in [4.69, 9.17) is 25.8 Å². The highest BCUT2D eigenvalue weighted by Crippen LogP contribution is 2.36. The number of methoxy groups -OCH3 is 3. The number of carbonyl (C=O) groups is 1. The average Bonchev–Trinajstić information content (AvgIpc) is 2.94. The first-order valence-electron chi connectivity index (χ1n) is 12.2. The largest absolute Gasteiger partial charge is 0.496 e. The summed E-state index contributed by atoms with van der Waals surface area (Å²) in [4.78, 5) is 28.8. The van der Waals surface area contributed by atoms with Crippen LogP contribution in [0.15, 0.2) is 60.7 Å². The third-order valence-electron chi connectivity index (χ3n) is 6.76. The highest BCUT2D eigenvalue weighted by Gasteiger charge is 2.32. The molecule has 38 heavy (non-hydrogen) atoms. The molecule has 1 aliphatic heterocycles. The number of hydrogen-bond donors (Lipinski definition) is 0. The second-order valence-electron chi connectivity index (χ2n) is 8.95. The fourth-order valence-corrected chi connectivity index (χ4v) is 4.97. The van der Waals surface area contributed by atoms with Crippen molar-refractivity contribution in [2.75, 3.05) is 39.3 Å². The van der Waals surface area contributed by atoms with Gasteiger partial charge in [0.1, 0.15) is 5.75 Å². The lowest BCUT2D eigenvalue weighted by Crippen LogP contribution is -2.47. The van der Waals surface area contributed by atoms with Crippen molar-refractivity contribution in [1.29, 1.82) is 0 Å². The zero-order chi connectivity index (χ0) is 27.2. The number of likely N-dealkylation sites (tertiary alicyclic amines) is 1. The van der Waals surface area contributed by atoms with Gasteiger partial charge in [-0.05, 0) is 48.7 Å². The van der Waals surface area contributed by atoms with Crippen LogP contribution in [0.25, 0.3) is 0 Å². The van der Waals surface area contributed by atoms with Crippen LogP contribution in [0, 0.1) is 10.1 Å². The van der Waals surface area contributed by atoms with Crippen LogP contribution < -0.4 is 19.1 Å². The maximum absolute atomic E-state index is 14.0. The fourth-order valence-electron chi connectivity index (χ4n) is 4.79. The minimum atomic E-state index is -0.420. The van der Waals surface area contributed by atoms with Gasteiger partial charge < -0.3 is 19.1 Å². The summed E-state index contributed by atoms with van der Waals surface area (Å²) in [6.45, 7) is 1.86. The van der Waals surface area contributed by atoms with E-state index in [-0.39, 0.29) is 17.6 Å². The summed E-state index contributed by atoms with van der Waals surface area (Å²) in [5, 5.41) is 11.7. The first-order valence-corrected chi connectivity index (χ1v) is 12.6. The molecule has 1 amide bonds. The lowest BCUT2D eigenvalue weighted by molar-refractivity contribution is -0.384. The predicted molar refractivity (Wildman–Crippen MR) is 146 cm³/mol. The summed E-state index contributed by atoms with van der Waals surface area (Å²) >= 11 is 6.33. The van der Waals surface area contributed by atoms with Crippen molar-refractivity contribution < 1.29 is 23.9 Å². The van der Waals surface area contributed by atoms with E-state index in [0.717, 1.165) is 0 Å². The quantitative estimate of drug-likeness (QED) is 0.258. The van der Waals surface area contributed by atoms with E-state index in [1.807, 2.05) is 18.2 Å². The molecule has 0 radical (unpaired) electrons. The predicted octanol–water partition coefficient (Wildman–Crippen LogP) is 5.59. The van der Waals surface area contributed by atoms with Gasteiger partial charge in [0.15, 0.2) is 11.5 Å². The lowest BCUT2D eigenvalue weighted by Gasteiger charge is -2.39. The number of nitro benzene ring substituents is 1. The smallest absolute Gasteiger partial charge is 0.269 e. The van der Waals surface area contributed by atoms with E-state index in [1.54, 1.807) is 56.6 Å². The summed E-state index contributed by atoms with van der Waals surface area (Å²) in [7, 11) is 4.68. The maximum atomic E-state index is 14.0. The molecule has 1 aliphatic rings. The Bertz CT molecular complexity index is 1310. The Hall–Kier alpha value is -3.82. The van der Waals surface area contributed by atoms with Crippen molar-refractivity contribution in [3.8, 4) is 17.2 Å². The third kappa shape index (κ3) is 5.84. The number of anilines is 1. The van der Waals surface area contributed by atoms with Crippen molar-refractivity contribution in [3.63, 3.8) is 0 Å². The molecule has 4 rings (SSSR count). The Labute approximate surface area is 226 Å². The Morgan fingerprint density at radius 2 is 1.66 bits per heavy atom. The number of carbonyl (C=O) groups excluding carboxylic acids is 1. The number of hydrogen-bond acceptors (Lipinski definition) is 7. The number of ether oxygens (including phenoxy) is 3. The van der Waals surface area contributed by atoms with Crippen molar-refractivity contribution in [2.24, 2.45) is 0 Å². The van der Waals surface area contributed by atoms with Crippen LogP contribution in [0.2, 0.25) is 5.02 Å². The van der Waals surface area contributed by atoms with Crippen LogP contribution in [-0.4, -0.2) is 56.2 Å². The van der Waals surface area contributed by atoms with E-state index >= 15 is 0 Å². The van der Waals surface area contributed by atoms with E-state index in [2.05, 4.69) is 4.90 Å². The van der Waals surface area contributed by atoms with Crippen LogP contribution in [-0.2, 0) is 6.54 Å². The number of benzene rings is 3.